The predicted molar refractivity (Wildman–Crippen MR) is 66.1 cm³/mol. The van der Waals surface area contributed by atoms with Gasteiger partial charge >= 0.3 is 0 Å². The van der Waals surface area contributed by atoms with E-state index in [1.165, 1.54) is 29.7 Å². The van der Waals surface area contributed by atoms with E-state index in [1.54, 1.807) is 0 Å². The fraction of sp³-hybridized carbons (Fsp3) is 0.462. The van der Waals surface area contributed by atoms with Crippen LogP contribution in [0.3, 0.4) is 0 Å². The lowest BCUT2D eigenvalue weighted by Crippen LogP contribution is -2.31. The van der Waals surface area contributed by atoms with E-state index >= 15 is 0 Å². The zero-order valence-corrected chi connectivity index (χ0v) is 9.37. The Morgan fingerprint density at radius 3 is 3.13 bits per heavy atom. The van der Waals surface area contributed by atoms with Crippen LogP contribution in [-0.4, -0.2) is 26.4 Å². The van der Waals surface area contributed by atoms with Crippen molar-refractivity contribution in [3.63, 3.8) is 0 Å². The van der Waals surface area contributed by atoms with Crippen molar-refractivity contribution in [3.05, 3.63) is 29.3 Å². The summed E-state index contributed by atoms with van der Waals surface area (Å²) < 4.78 is 0. The number of hydrogen-bond acceptors (Lipinski definition) is 2. The second-order valence-corrected chi connectivity index (χ2v) is 4.11. The average molecular weight is 202 g/mol. The molecule has 0 aromatic heterocycles. The zero-order chi connectivity index (χ0) is 10.7. The molecule has 15 heavy (non-hydrogen) atoms. The minimum atomic E-state index is 0.827. The van der Waals surface area contributed by atoms with Crippen molar-refractivity contribution in [1.29, 1.82) is 0 Å². The summed E-state index contributed by atoms with van der Waals surface area (Å²) in [5.74, 6) is 0. The summed E-state index contributed by atoms with van der Waals surface area (Å²) in [6.45, 7) is 8.73. The molecule has 0 unspecified atom stereocenters. The Balaban J connectivity index is 2.26. The summed E-state index contributed by atoms with van der Waals surface area (Å²) in [4.78, 5) is 6.36. The molecule has 2 nitrogen and oxygen atoms in total. The molecule has 1 aliphatic rings. The van der Waals surface area contributed by atoms with Gasteiger partial charge in [0, 0.05) is 18.8 Å². The number of nitrogens with zero attached hydrogens (tertiary/aromatic N) is 2. The van der Waals surface area contributed by atoms with E-state index in [2.05, 4.69) is 41.7 Å². The molecule has 0 fully saturated rings. The van der Waals surface area contributed by atoms with Gasteiger partial charge in [-0.05, 0) is 43.7 Å². The third-order valence-corrected chi connectivity index (χ3v) is 3.11. The van der Waals surface area contributed by atoms with Crippen LogP contribution < -0.4 is 4.90 Å². The van der Waals surface area contributed by atoms with Gasteiger partial charge in [0.15, 0.2) is 0 Å². The second-order valence-electron chi connectivity index (χ2n) is 4.11. The highest BCUT2D eigenvalue weighted by molar-refractivity contribution is 5.58. The maximum absolute atomic E-state index is 3.93. The second kappa shape index (κ2) is 4.47. The molecule has 1 aromatic carbocycles. The number of benzene rings is 1. The van der Waals surface area contributed by atoms with Gasteiger partial charge in [0.05, 0.1) is 6.54 Å². The Labute approximate surface area is 91.6 Å². The van der Waals surface area contributed by atoms with Crippen LogP contribution in [0, 0.1) is 6.92 Å². The lowest BCUT2D eigenvalue weighted by molar-refractivity contribution is 0.690. The van der Waals surface area contributed by atoms with Crippen molar-refractivity contribution in [3.8, 4) is 0 Å². The topological polar surface area (TPSA) is 15.6 Å². The summed E-state index contributed by atoms with van der Waals surface area (Å²) in [6, 6.07) is 6.58. The monoisotopic (exact) mass is 202 g/mol. The lowest BCUT2D eigenvalue weighted by atomic mass is 9.97. The molecular formula is C13H18N2. The van der Waals surface area contributed by atoms with Gasteiger partial charge < -0.3 is 4.90 Å². The Morgan fingerprint density at radius 2 is 2.33 bits per heavy atom. The predicted octanol–water partition coefficient (Wildman–Crippen LogP) is 2.45. The number of rotatable bonds is 3. The molecule has 1 aromatic rings. The molecule has 0 amide bonds. The summed E-state index contributed by atoms with van der Waals surface area (Å²) in [5.41, 5.74) is 4.35. The molecule has 0 atom stereocenters. The zero-order valence-electron chi connectivity index (χ0n) is 9.37. The van der Waals surface area contributed by atoms with E-state index in [-0.39, 0.29) is 0 Å². The maximum atomic E-state index is 3.93. The number of aryl methyl sites for hydroxylation is 1. The van der Waals surface area contributed by atoms with E-state index in [9.17, 15) is 0 Å². The van der Waals surface area contributed by atoms with Crippen LogP contribution in [0.25, 0.3) is 0 Å². The standard InChI is InChI=1S/C13H18N2/c1-11-5-3-7-13-12(11)6-4-9-15(13)10-8-14-2/h3,5,7H,2,4,6,8-10H2,1H3. The van der Waals surface area contributed by atoms with Gasteiger partial charge in [-0.1, -0.05) is 12.1 Å². The molecule has 0 aliphatic carbocycles. The first-order valence-electron chi connectivity index (χ1n) is 5.59. The summed E-state index contributed by atoms with van der Waals surface area (Å²) in [6.07, 6.45) is 2.48. The van der Waals surface area contributed by atoms with Gasteiger partial charge in [-0.3, -0.25) is 4.99 Å². The van der Waals surface area contributed by atoms with E-state index in [0.717, 1.165) is 19.6 Å². The third-order valence-electron chi connectivity index (χ3n) is 3.11. The highest BCUT2D eigenvalue weighted by Gasteiger charge is 2.16. The Morgan fingerprint density at radius 1 is 1.47 bits per heavy atom. The molecule has 1 heterocycles. The SMILES string of the molecule is C=NCCN1CCCc2c(C)cccc21. The molecule has 1 aliphatic heterocycles. The minimum Gasteiger partial charge on any atom is -0.369 e. The van der Waals surface area contributed by atoms with E-state index in [4.69, 9.17) is 0 Å². The number of aliphatic imine (C=N–C) groups is 1. The summed E-state index contributed by atoms with van der Waals surface area (Å²) in [7, 11) is 0. The maximum Gasteiger partial charge on any atom is 0.0557 e. The smallest absolute Gasteiger partial charge is 0.0557 e. The van der Waals surface area contributed by atoms with Gasteiger partial charge in [0.2, 0.25) is 0 Å². The van der Waals surface area contributed by atoms with Crippen LogP contribution in [0.1, 0.15) is 17.5 Å². The summed E-state index contributed by atoms with van der Waals surface area (Å²) in [5, 5.41) is 0. The van der Waals surface area contributed by atoms with Gasteiger partial charge in [-0.2, -0.15) is 0 Å². The highest BCUT2D eigenvalue weighted by atomic mass is 15.1. The van der Waals surface area contributed by atoms with Crippen LogP contribution in [-0.2, 0) is 6.42 Å². The van der Waals surface area contributed by atoms with Crippen molar-refractivity contribution < 1.29 is 0 Å². The molecule has 80 valence electrons. The van der Waals surface area contributed by atoms with Crippen molar-refractivity contribution in [2.75, 3.05) is 24.5 Å². The lowest BCUT2D eigenvalue weighted by Gasteiger charge is -2.31. The normalized spacial score (nSPS) is 14.9. The van der Waals surface area contributed by atoms with E-state index in [1.807, 2.05) is 0 Å². The van der Waals surface area contributed by atoms with Crippen molar-refractivity contribution in [1.82, 2.24) is 0 Å². The minimum absolute atomic E-state index is 0.827. The van der Waals surface area contributed by atoms with E-state index in [0.29, 0.717) is 0 Å². The fourth-order valence-corrected chi connectivity index (χ4v) is 2.30. The average Bonchev–Trinajstić information content (AvgIpc) is 2.27. The van der Waals surface area contributed by atoms with Crippen LogP contribution in [0.5, 0.6) is 0 Å². The first kappa shape index (κ1) is 10.2. The molecule has 0 spiro atoms. The molecule has 0 N–H and O–H groups in total. The Hall–Kier alpha value is -1.31. The molecule has 0 bridgehead atoms. The van der Waals surface area contributed by atoms with Crippen LogP contribution in [0.2, 0.25) is 0 Å². The molecule has 0 saturated carbocycles. The molecule has 0 saturated heterocycles. The first-order chi connectivity index (χ1) is 7.33. The van der Waals surface area contributed by atoms with E-state index < -0.39 is 0 Å². The quantitative estimate of drug-likeness (QED) is 0.687. The first-order valence-corrected chi connectivity index (χ1v) is 5.59. The Bertz CT molecular complexity index is 358. The highest BCUT2D eigenvalue weighted by Crippen LogP contribution is 2.28. The molecular weight excluding hydrogens is 184 g/mol. The van der Waals surface area contributed by atoms with Crippen molar-refractivity contribution in [2.45, 2.75) is 19.8 Å². The number of fused-ring (bicyclic) bond motifs is 1. The van der Waals surface area contributed by atoms with Crippen molar-refractivity contribution >= 4 is 12.4 Å². The summed E-state index contributed by atoms with van der Waals surface area (Å²) >= 11 is 0. The van der Waals surface area contributed by atoms with Gasteiger partial charge in [0.1, 0.15) is 0 Å². The largest absolute Gasteiger partial charge is 0.369 e. The number of anilines is 1. The van der Waals surface area contributed by atoms with Crippen LogP contribution in [0.15, 0.2) is 23.2 Å². The van der Waals surface area contributed by atoms with Crippen molar-refractivity contribution in [2.24, 2.45) is 4.99 Å². The molecule has 0 radical (unpaired) electrons. The van der Waals surface area contributed by atoms with Gasteiger partial charge in [-0.15, -0.1) is 0 Å². The number of hydrogen-bond donors (Lipinski definition) is 0. The third kappa shape index (κ3) is 2.04. The van der Waals surface area contributed by atoms with Gasteiger partial charge in [-0.25, -0.2) is 0 Å². The van der Waals surface area contributed by atoms with Gasteiger partial charge in [0.25, 0.3) is 0 Å². The van der Waals surface area contributed by atoms with Crippen LogP contribution in [0.4, 0.5) is 5.69 Å². The fourth-order valence-electron chi connectivity index (χ4n) is 2.30. The van der Waals surface area contributed by atoms with Crippen LogP contribution >= 0.6 is 0 Å². The Kier molecular flexibility index (Phi) is 3.05. The molecule has 2 heteroatoms. The molecule has 2 rings (SSSR count).